The SMILES string of the molecule is CCN1CCN(C(=O)Cn2cccnc2=O)[C@H](Cc2ccccc2-c2cccc(C)c2)C1=O. The number of carbonyl (C=O) groups excluding carboxylic acids is 2. The number of amides is 2. The topological polar surface area (TPSA) is 75.5 Å². The molecule has 0 radical (unpaired) electrons. The zero-order chi connectivity index (χ0) is 23.4. The number of carbonyl (C=O) groups is 2. The van der Waals surface area contributed by atoms with Gasteiger partial charge in [-0.2, -0.15) is 0 Å². The largest absolute Gasteiger partial charge is 0.347 e. The lowest BCUT2D eigenvalue weighted by Crippen LogP contribution is -2.60. The lowest BCUT2D eigenvalue weighted by atomic mass is 9.92. The third-order valence-electron chi connectivity index (χ3n) is 6.13. The maximum Gasteiger partial charge on any atom is 0.347 e. The van der Waals surface area contributed by atoms with E-state index in [9.17, 15) is 14.4 Å². The Kier molecular flexibility index (Phi) is 6.68. The van der Waals surface area contributed by atoms with Crippen LogP contribution >= 0.6 is 0 Å². The molecule has 0 saturated carbocycles. The van der Waals surface area contributed by atoms with Crippen molar-refractivity contribution in [2.24, 2.45) is 0 Å². The molecule has 7 heteroatoms. The van der Waals surface area contributed by atoms with E-state index in [2.05, 4.69) is 36.2 Å². The van der Waals surface area contributed by atoms with Crippen molar-refractivity contribution in [3.63, 3.8) is 0 Å². The van der Waals surface area contributed by atoms with Gasteiger partial charge < -0.3 is 9.80 Å². The molecule has 2 amide bonds. The van der Waals surface area contributed by atoms with Gasteiger partial charge in [0.15, 0.2) is 0 Å². The highest BCUT2D eigenvalue weighted by molar-refractivity contribution is 5.89. The minimum Gasteiger partial charge on any atom is -0.339 e. The summed E-state index contributed by atoms with van der Waals surface area (Å²) in [5.74, 6) is -0.318. The van der Waals surface area contributed by atoms with Crippen molar-refractivity contribution in [2.75, 3.05) is 19.6 Å². The molecular weight excluding hydrogens is 416 g/mol. The lowest BCUT2D eigenvalue weighted by Gasteiger charge is -2.40. The quantitative estimate of drug-likeness (QED) is 0.586. The standard InChI is InChI=1S/C26H28N4O3/c1-3-28-14-15-30(24(31)18-29-13-7-12-27-26(29)33)23(25(28)32)17-21-9-4-5-11-22(21)20-10-6-8-19(2)16-20/h4-13,16,23H,3,14-15,17-18H2,1-2H3/t23-/m1/s1. The zero-order valence-electron chi connectivity index (χ0n) is 19.0. The first kappa shape index (κ1) is 22.5. The molecule has 1 aromatic heterocycles. The molecule has 170 valence electrons. The maximum atomic E-state index is 13.3. The molecule has 7 nitrogen and oxygen atoms in total. The third-order valence-corrected chi connectivity index (χ3v) is 6.13. The van der Waals surface area contributed by atoms with Gasteiger partial charge in [-0.15, -0.1) is 0 Å². The second kappa shape index (κ2) is 9.81. The first-order valence-corrected chi connectivity index (χ1v) is 11.2. The molecule has 1 aliphatic heterocycles. The van der Waals surface area contributed by atoms with Crippen molar-refractivity contribution in [3.8, 4) is 11.1 Å². The molecule has 1 atom stereocenters. The van der Waals surface area contributed by atoms with Crippen LogP contribution in [0.15, 0.2) is 71.8 Å². The Bertz CT molecular complexity index is 1220. The smallest absolute Gasteiger partial charge is 0.339 e. The van der Waals surface area contributed by atoms with Crippen molar-refractivity contribution in [2.45, 2.75) is 32.9 Å². The fraction of sp³-hybridized carbons (Fsp3) is 0.308. The fourth-order valence-electron chi connectivity index (χ4n) is 4.39. The second-order valence-corrected chi connectivity index (χ2v) is 8.28. The van der Waals surface area contributed by atoms with Crippen molar-refractivity contribution in [1.82, 2.24) is 19.4 Å². The number of piperazine rings is 1. The molecule has 0 N–H and O–H groups in total. The summed E-state index contributed by atoms with van der Waals surface area (Å²) in [5, 5.41) is 0. The van der Waals surface area contributed by atoms with Crippen LogP contribution in [0.1, 0.15) is 18.1 Å². The average Bonchev–Trinajstić information content (AvgIpc) is 2.82. The van der Waals surface area contributed by atoms with Crippen LogP contribution in [0.4, 0.5) is 0 Å². The predicted molar refractivity (Wildman–Crippen MR) is 127 cm³/mol. The summed E-state index contributed by atoms with van der Waals surface area (Å²) in [6.45, 7) is 5.38. The molecule has 1 fully saturated rings. The van der Waals surface area contributed by atoms with E-state index < -0.39 is 11.7 Å². The summed E-state index contributed by atoms with van der Waals surface area (Å²) >= 11 is 0. The van der Waals surface area contributed by atoms with Gasteiger partial charge in [0.25, 0.3) is 0 Å². The van der Waals surface area contributed by atoms with E-state index in [0.717, 1.165) is 22.3 Å². The molecule has 2 heterocycles. The summed E-state index contributed by atoms with van der Waals surface area (Å²) in [5.41, 5.74) is 3.83. The van der Waals surface area contributed by atoms with Gasteiger partial charge in [0.05, 0.1) is 0 Å². The van der Waals surface area contributed by atoms with Crippen molar-refractivity contribution in [3.05, 3.63) is 88.6 Å². The summed E-state index contributed by atoms with van der Waals surface area (Å²) < 4.78 is 1.27. The van der Waals surface area contributed by atoms with E-state index in [1.54, 1.807) is 22.1 Å². The van der Waals surface area contributed by atoms with Crippen LogP contribution in [0, 0.1) is 6.92 Å². The number of rotatable bonds is 6. The van der Waals surface area contributed by atoms with Crippen LogP contribution in [0.25, 0.3) is 11.1 Å². The minimum atomic E-state index is -0.621. The highest BCUT2D eigenvalue weighted by Crippen LogP contribution is 2.27. The highest BCUT2D eigenvalue weighted by Gasteiger charge is 2.37. The Hall–Kier alpha value is -3.74. The highest BCUT2D eigenvalue weighted by atomic mass is 16.2. The van der Waals surface area contributed by atoms with Gasteiger partial charge in [-0.1, -0.05) is 54.1 Å². The van der Waals surface area contributed by atoms with Crippen molar-refractivity contribution < 1.29 is 9.59 Å². The van der Waals surface area contributed by atoms with Gasteiger partial charge in [0, 0.05) is 38.4 Å². The molecule has 0 unspecified atom stereocenters. The third kappa shape index (κ3) is 4.87. The van der Waals surface area contributed by atoms with Crippen molar-refractivity contribution >= 4 is 11.8 Å². The first-order chi connectivity index (χ1) is 16.0. The van der Waals surface area contributed by atoms with Gasteiger partial charge in [0.2, 0.25) is 11.8 Å². The average molecular weight is 445 g/mol. The molecule has 0 aliphatic carbocycles. The van der Waals surface area contributed by atoms with Crippen LogP contribution in [-0.4, -0.2) is 56.8 Å². The summed E-state index contributed by atoms with van der Waals surface area (Å²) in [7, 11) is 0. The van der Waals surface area contributed by atoms with E-state index in [1.807, 2.05) is 31.2 Å². The number of hydrogen-bond donors (Lipinski definition) is 0. The molecule has 33 heavy (non-hydrogen) atoms. The Morgan fingerprint density at radius 1 is 1.06 bits per heavy atom. The number of aryl methyl sites for hydroxylation is 1. The predicted octanol–water partition coefficient (Wildman–Crippen LogP) is 2.52. The van der Waals surface area contributed by atoms with E-state index >= 15 is 0 Å². The van der Waals surface area contributed by atoms with Crippen LogP contribution in [0.3, 0.4) is 0 Å². The van der Waals surface area contributed by atoms with Gasteiger partial charge in [0.1, 0.15) is 12.6 Å². The molecule has 3 aromatic rings. The molecule has 0 bridgehead atoms. The number of nitrogens with zero attached hydrogens (tertiary/aromatic N) is 4. The normalized spacial score (nSPS) is 16.2. The summed E-state index contributed by atoms with van der Waals surface area (Å²) in [6.07, 6.45) is 3.35. The Labute approximate surface area is 193 Å². The van der Waals surface area contributed by atoms with Crippen LogP contribution in [0.2, 0.25) is 0 Å². The molecule has 4 rings (SSSR count). The fourth-order valence-corrected chi connectivity index (χ4v) is 4.39. The van der Waals surface area contributed by atoms with Gasteiger partial charge in [-0.25, -0.2) is 9.78 Å². The molecule has 2 aromatic carbocycles. The lowest BCUT2D eigenvalue weighted by molar-refractivity contribution is -0.151. The second-order valence-electron chi connectivity index (χ2n) is 8.28. The monoisotopic (exact) mass is 444 g/mol. The molecular formula is C26H28N4O3. The maximum absolute atomic E-state index is 13.3. The molecule has 1 saturated heterocycles. The van der Waals surface area contributed by atoms with Crippen LogP contribution in [0.5, 0.6) is 0 Å². The Balaban J connectivity index is 1.66. The van der Waals surface area contributed by atoms with E-state index in [0.29, 0.717) is 26.1 Å². The number of likely N-dealkylation sites (N-methyl/N-ethyl adjacent to an activating group) is 1. The first-order valence-electron chi connectivity index (χ1n) is 11.2. The van der Waals surface area contributed by atoms with Gasteiger partial charge in [-0.3, -0.25) is 14.2 Å². The summed E-state index contributed by atoms with van der Waals surface area (Å²) in [4.78, 5) is 45.7. The molecule has 1 aliphatic rings. The van der Waals surface area contributed by atoms with Crippen LogP contribution < -0.4 is 5.69 Å². The Morgan fingerprint density at radius 3 is 2.64 bits per heavy atom. The summed E-state index contributed by atoms with van der Waals surface area (Å²) in [6, 6.07) is 17.3. The zero-order valence-corrected chi connectivity index (χ0v) is 19.0. The van der Waals surface area contributed by atoms with Crippen molar-refractivity contribution in [1.29, 1.82) is 0 Å². The number of benzene rings is 2. The minimum absolute atomic E-state index is 0.0605. The van der Waals surface area contributed by atoms with Crippen LogP contribution in [-0.2, 0) is 22.6 Å². The van der Waals surface area contributed by atoms with Gasteiger partial charge >= 0.3 is 5.69 Å². The number of aromatic nitrogens is 2. The van der Waals surface area contributed by atoms with E-state index in [-0.39, 0.29) is 18.4 Å². The van der Waals surface area contributed by atoms with E-state index in [4.69, 9.17) is 0 Å². The van der Waals surface area contributed by atoms with E-state index in [1.165, 1.54) is 10.8 Å². The Morgan fingerprint density at radius 2 is 1.88 bits per heavy atom. The number of hydrogen-bond acceptors (Lipinski definition) is 4. The van der Waals surface area contributed by atoms with Gasteiger partial charge in [-0.05, 0) is 36.6 Å². The molecule has 0 spiro atoms.